The molecule has 0 heterocycles. The standard InChI is InChI=1S/C30H48O2/c1-21(19-31)9-8-13-26(3)15-18-30(7)25-12-14-28(5)22(2)23(32)10-11-24(28)29(25,6)17-16-27(30,4)20-26/h22,24-25H,8-18,20H2,1-7H3/t22-,24+,25-,26+,27-,28+,29-,30+/m0/s1. The first-order valence-corrected chi connectivity index (χ1v) is 13.6. The maximum atomic E-state index is 12.7. The number of rotatable bonds is 4. The van der Waals surface area contributed by atoms with Crippen LogP contribution in [0.25, 0.3) is 0 Å². The molecule has 32 heavy (non-hydrogen) atoms. The van der Waals surface area contributed by atoms with Gasteiger partial charge >= 0.3 is 0 Å². The van der Waals surface area contributed by atoms with E-state index < -0.39 is 0 Å². The minimum Gasteiger partial charge on any atom is -0.299 e. The van der Waals surface area contributed by atoms with Crippen molar-refractivity contribution >= 4 is 11.7 Å². The molecular formula is C30H48O2. The van der Waals surface area contributed by atoms with Gasteiger partial charge in [-0.25, -0.2) is 4.79 Å². The Morgan fingerprint density at radius 2 is 1.66 bits per heavy atom. The molecule has 4 aliphatic rings. The lowest BCUT2D eigenvalue weighted by atomic mass is 9.33. The van der Waals surface area contributed by atoms with E-state index in [1.165, 1.54) is 51.4 Å². The predicted molar refractivity (Wildman–Crippen MR) is 132 cm³/mol. The first kappa shape index (κ1) is 24.3. The van der Waals surface area contributed by atoms with Crippen LogP contribution in [0.3, 0.4) is 0 Å². The van der Waals surface area contributed by atoms with Crippen LogP contribution in [-0.4, -0.2) is 11.7 Å². The molecule has 2 heteroatoms. The minimum absolute atomic E-state index is 0.206. The second-order valence-corrected chi connectivity index (χ2v) is 14.1. The van der Waals surface area contributed by atoms with Gasteiger partial charge in [0.2, 0.25) is 0 Å². The third-order valence-electron chi connectivity index (χ3n) is 12.4. The van der Waals surface area contributed by atoms with Gasteiger partial charge in [0.25, 0.3) is 0 Å². The smallest absolute Gasteiger partial charge is 0.136 e. The average molecular weight is 441 g/mol. The fourth-order valence-electron chi connectivity index (χ4n) is 10.1. The fraction of sp³-hybridized carbons (Fsp3) is 0.900. The zero-order chi connectivity index (χ0) is 23.6. The van der Waals surface area contributed by atoms with E-state index in [9.17, 15) is 9.59 Å². The van der Waals surface area contributed by atoms with Gasteiger partial charge < -0.3 is 0 Å². The number of carbonyl (C=O) groups excluding carboxylic acids is 2. The van der Waals surface area contributed by atoms with Gasteiger partial charge in [0, 0.05) is 17.9 Å². The van der Waals surface area contributed by atoms with Crippen LogP contribution in [0.15, 0.2) is 5.57 Å². The van der Waals surface area contributed by atoms with Crippen molar-refractivity contribution in [1.29, 1.82) is 0 Å². The van der Waals surface area contributed by atoms with Gasteiger partial charge in [0.05, 0.1) is 0 Å². The summed E-state index contributed by atoms with van der Waals surface area (Å²) in [5.74, 6) is 4.33. The number of hydrogen-bond donors (Lipinski definition) is 0. The molecule has 180 valence electrons. The number of carbonyl (C=O) groups is 1. The SMILES string of the molecule is CC(=C=O)CCC[C@]1(C)CC[C@]2(C)[C@H]3CC[C@@]4(C)[C@@H](CCC(=O)[C@@H]4C)[C@]3(C)CC[C@@]2(C)C1. The van der Waals surface area contributed by atoms with E-state index >= 15 is 0 Å². The highest BCUT2D eigenvalue weighted by molar-refractivity contribution is 5.82. The zero-order valence-electron chi connectivity index (χ0n) is 22.0. The number of allylic oxidation sites excluding steroid dienone is 1. The Labute approximate surface area is 197 Å². The van der Waals surface area contributed by atoms with Crippen molar-refractivity contribution in [3.05, 3.63) is 5.57 Å². The van der Waals surface area contributed by atoms with Crippen LogP contribution in [0.1, 0.15) is 126 Å². The molecule has 0 radical (unpaired) electrons. The van der Waals surface area contributed by atoms with Crippen LogP contribution >= 0.6 is 0 Å². The molecule has 0 aromatic heterocycles. The Balaban J connectivity index is 1.57. The maximum absolute atomic E-state index is 12.7. The van der Waals surface area contributed by atoms with Gasteiger partial charge in [-0.3, -0.25) is 4.79 Å². The molecule has 8 atom stereocenters. The van der Waals surface area contributed by atoms with Crippen LogP contribution in [0.2, 0.25) is 0 Å². The van der Waals surface area contributed by atoms with Crippen molar-refractivity contribution in [3.63, 3.8) is 0 Å². The van der Waals surface area contributed by atoms with Crippen molar-refractivity contribution in [2.45, 2.75) is 126 Å². The molecule has 4 rings (SSSR count). The summed E-state index contributed by atoms with van der Waals surface area (Å²) in [6.45, 7) is 17.1. The Morgan fingerprint density at radius 1 is 0.938 bits per heavy atom. The molecule has 2 nitrogen and oxygen atoms in total. The van der Waals surface area contributed by atoms with Gasteiger partial charge in [0.1, 0.15) is 11.7 Å². The summed E-state index contributed by atoms with van der Waals surface area (Å²) in [5, 5.41) is 0. The van der Waals surface area contributed by atoms with Gasteiger partial charge in [-0.1, -0.05) is 41.5 Å². The molecule has 4 saturated carbocycles. The molecule has 4 fully saturated rings. The van der Waals surface area contributed by atoms with Crippen molar-refractivity contribution in [2.24, 2.45) is 44.8 Å². The summed E-state index contributed by atoms with van der Waals surface area (Å²) in [6, 6.07) is 0. The van der Waals surface area contributed by atoms with Gasteiger partial charge in [-0.2, -0.15) is 0 Å². The topological polar surface area (TPSA) is 34.1 Å². The monoisotopic (exact) mass is 440 g/mol. The van der Waals surface area contributed by atoms with E-state index in [4.69, 9.17) is 0 Å². The summed E-state index contributed by atoms with van der Waals surface area (Å²) >= 11 is 0. The highest BCUT2D eigenvalue weighted by Crippen LogP contribution is 2.75. The second-order valence-electron chi connectivity index (χ2n) is 14.1. The average Bonchev–Trinajstić information content (AvgIpc) is 2.73. The molecule has 0 aromatic rings. The Bertz CT molecular complexity index is 823. The van der Waals surface area contributed by atoms with E-state index in [0.717, 1.165) is 37.2 Å². The Hall–Kier alpha value is -0.880. The van der Waals surface area contributed by atoms with E-state index in [1.54, 1.807) is 0 Å². The van der Waals surface area contributed by atoms with Gasteiger partial charge in [-0.15, -0.1) is 0 Å². The summed E-state index contributed by atoms with van der Waals surface area (Å²) in [6.07, 6.45) is 14.4. The van der Waals surface area contributed by atoms with Crippen LogP contribution in [0.5, 0.6) is 0 Å². The highest BCUT2D eigenvalue weighted by Gasteiger charge is 2.67. The third-order valence-corrected chi connectivity index (χ3v) is 12.4. The van der Waals surface area contributed by atoms with E-state index in [0.29, 0.717) is 33.4 Å². The Morgan fingerprint density at radius 3 is 2.34 bits per heavy atom. The summed E-state index contributed by atoms with van der Waals surface area (Å²) in [4.78, 5) is 23.5. The van der Waals surface area contributed by atoms with Gasteiger partial charge in [0.15, 0.2) is 0 Å². The van der Waals surface area contributed by atoms with Crippen molar-refractivity contribution in [3.8, 4) is 0 Å². The first-order chi connectivity index (χ1) is 14.8. The lowest BCUT2D eigenvalue weighted by Gasteiger charge is -2.72. The van der Waals surface area contributed by atoms with E-state index in [1.807, 2.05) is 6.92 Å². The summed E-state index contributed by atoms with van der Waals surface area (Å²) in [5.41, 5.74) is 2.68. The molecule has 4 aliphatic carbocycles. The maximum Gasteiger partial charge on any atom is 0.136 e. The quantitative estimate of drug-likeness (QED) is 0.415. The second kappa shape index (κ2) is 7.83. The number of Topliss-reactive ketones (excluding diaryl/α,β-unsaturated/α-hetero) is 1. The number of fused-ring (bicyclic) bond motifs is 5. The lowest BCUT2D eigenvalue weighted by molar-refractivity contribution is -0.225. The molecule has 0 aliphatic heterocycles. The van der Waals surface area contributed by atoms with Crippen molar-refractivity contribution in [1.82, 2.24) is 0 Å². The van der Waals surface area contributed by atoms with Crippen LogP contribution < -0.4 is 0 Å². The number of hydrogen-bond acceptors (Lipinski definition) is 2. The summed E-state index contributed by atoms with van der Waals surface area (Å²) < 4.78 is 0. The lowest BCUT2D eigenvalue weighted by Crippen LogP contribution is -2.64. The Kier molecular flexibility index (Phi) is 5.93. The van der Waals surface area contributed by atoms with E-state index in [-0.39, 0.29) is 11.3 Å². The molecule has 0 amide bonds. The minimum atomic E-state index is 0.206. The van der Waals surface area contributed by atoms with Gasteiger partial charge in [-0.05, 0) is 116 Å². The summed E-state index contributed by atoms with van der Waals surface area (Å²) in [7, 11) is 0. The van der Waals surface area contributed by atoms with Crippen molar-refractivity contribution in [2.75, 3.05) is 0 Å². The molecule has 0 aromatic carbocycles. The third kappa shape index (κ3) is 3.41. The molecule has 0 unspecified atom stereocenters. The highest BCUT2D eigenvalue weighted by atomic mass is 16.1. The fourth-order valence-corrected chi connectivity index (χ4v) is 10.1. The van der Waals surface area contributed by atoms with Crippen LogP contribution in [-0.2, 0) is 9.59 Å². The number of ketones is 1. The molecular weight excluding hydrogens is 392 g/mol. The first-order valence-electron chi connectivity index (χ1n) is 13.6. The van der Waals surface area contributed by atoms with E-state index in [2.05, 4.69) is 47.5 Å². The molecule has 0 bridgehead atoms. The largest absolute Gasteiger partial charge is 0.299 e. The zero-order valence-corrected chi connectivity index (χ0v) is 22.0. The van der Waals surface area contributed by atoms with Crippen LogP contribution in [0, 0.1) is 44.8 Å². The van der Waals surface area contributed by atoms with Crippen molar-refractivity contribution < 1.29 is 9.59 Å². The van der Waals surface area contributed by atoms with Crippen LogP contribution in [0.4, 0.5) is 0 Å². The molecule has 0 spiro atoms. The molecule has 0 saturated heterocycles. The normalized spacial score (nSPS) is 50.6. The predicted octanol–water partition coefficient (Wildman–Crippen LogP) is 7.97. The molecule has 0 N–H and O–H groups in total.